The van der Waals surface area contributed by atoms with E-state index in [1.807, 2.05) is 0 Å². The van der Waals surface area contributed by atoms with E-state index >= 15 is 0 Å². The molecule has 9 atom stereocenters. The smallest absolute Gasteiger partial charge is 0.133 e. The lowest BCUT2D eigenvalue weighted by molar-refractivity contribution is -0.143. The second kappa shape index (κ2) is 5.54. The van der Waals surface area contributed by atoms with Gasteiger partial charge in [-0.3, -0.25) is 4.79 Å². The summed E-state index contributed by atoms with van der Waals surface area (Å²) in [6, 6.07) is 0.222. The van der Waals surface area contributed by atoms with Crippen molar-refractivity contribution in [3.63, 3.8) is 0 Å². The molecule has 0 radical (unpaired) electrons. The van der Waals surface area contributed by atoms with E-state index in [0.29, 0.717) is 34.9 Å². The Balaban J connectivity index is 1.67. The quantitative estimate of drug-likeness (QED) is 0.771. The Bertz CT molecular complexity index is 534. The van der Waals surface area contributed by atoms with Gasteiger partial charge in [0.15, 0.2) is 0 Å². The molecule has 0 spiro atoms. The fourth-order valence-corrected chi connectivity index (χ4v) is 8.17. The monoisotopic (exact) mass is 333 g/mol. The van der Waals surface area contributed by atoms with E-state index in [1.54, 1.807) is 6.92 Å². The van der Waals surface area contributed by atoms with Crippen molar-refractivity contribution in [2.45, 2.75) is 84.3 Å². The Labute approximate surface area is 146 Å². The van der Waals surface area contributed by atoms with Crippen molar-refractivity contribution in [3.05, 3.63) is 0 Å². The van der Waals surface area contributed by atoms with Crippen molar-refractivity contribution < 1.29 is 9.90 Å². The van der Waals surface area contributed by atoms with Crippen LogP contribution in [0.3, 0.4) is 0 Å². The molecule has 0 aliphatic heterocycles. The highest BCUT2D eigenvalue weighted by Crippen LogP contribution is 2.67. The number of Topliss-reactive ketones (excluding diaryl/α,β-unsaturated/α-hetero) is 1. The Morgan fingerprint density at radius 3 is 2.54 bits per heavy atom. The largest absolute Gasteiger partial charge is 0.393 e. The molecule has 3 heteroatoms. The van der Waals surface area contributed by atoms with Gasteiger partial charge < -0.3 is 10.8 Å². The molecule has 0 unspecified atom stereocenters. The summed E-state index contributed by atoms with van der Waals surface area (Å²) in [5.74, 6) is 3.22. The summed E-state index contributed by atoms with van der Waals surface area (Å²) in [6.07, 6.45) is 8.78. The molecule has 0 bridgehead atoms. The van der Waals surface area contributed by atoms with E-state index in [0.717, 1.165) is 32.1 Å². The van der Waals surface area contributed by atoms with Crippen molar-refractivity contribution in [3.8, 4) is 0 Å². The van der Waals surface area contributed by atoms with Gasteiger partial charge in [-0.25, -0.2) is 0 Å². The molecule has 4 fully saturated rings. The first-order valence-electron chi connectivity index (χ1n) is 10.2. The highest BCUT2D eigenvalue weighted by Gasteiger charge is 2.63. The first-order chi connectivity index (χ1) is 11.3. The van der Waals surface area contributed by atoms with Gasteiger partial charge >= 0.3 is 0 Å². The second-order valence-electron chi connectivity index (χ2n) is 10.1. The number of carbonyl (C=O) groups is 1. The zero-order valence-electron chi connectivity index (χ0n) is 15.6. The minimum absolute atomic E-state index is 0.0988. The van der Waals surface area contributed by atoms with Gasteiger partial charge in [0.25, 0.3) is 0 Å². The lowest BCUT2D eigenvalue weighted by Crippen LogP contribution is -2.61. The summed E-state index contributed by atoms with van der Waals surface area (Å²) in [5, 5.41) is 10.1. The number of hydrogen-bond donors (Lipinski definition) is 2. The van der Waals surface area contributed by atoms with Gasteiger partial charge in [-0.15, -0.1) is 0 Å². The highest BCUT2D eigenvalue weighted by molar-refractivity contribution is 5.79. The first-order valence-corrected chi connectivity index (χ1v) is 10.2. The number of rotatable bonds is 1. The number of ketones is 1. The van der Waals surface area contributed by atoms with Gasteiger partial charge in [0.05, 0.1) is 6.10 Å². The van der Waals surface area contributed by atoms with Crippen molar-refractivity contribution in [1.82, 2.24) is 0 Å². The minimum Gasteiger partial charge on any atom is -0.393 e. The van der Waals surface area contributed by atoms with E-state index < -0.39 is 0 Å². The lowest BCUT2D eigenvalue weighted by Gasteiger charge is -2.62. The third-order valence-electron chi connectivity index (χ3n) is 9.13. The molecule has 4 rings (SSSR count). The van der Waals surface area contributed by atoms with Gasteiger partial charge in [-0.2, -0.15) is 0 Å². The molecule has 3 nitrogen and oxygen atoms in total. The fraction of sp³-hybridized carbons (Fsp3) is 0.952. The number of fused-ring (bicyclic) bond motifs is 5. The van der Waals surface area contributed by atoms with Gasteiger partial charge in [-0.05, 0) is 92.8 Å². The van der Waals surface area contributed by atoms with Crippen LogP contribution in [0.5, 0.6) is 0 Å². The zero-order chi connectivity index (χ0) is 17.3. The van der Waals surface area contributed by atoms with E-state index in [2.05, 4.69) is 13.8 Å². The summed E-state index contributed by atoms with van der Waals surface area (Å²) in [7, 11) is 0. The van der Waals surface area contributed by atoms with Crippen LogP contribution in [0.15, 0.2) is 0 Å². The van der Waals surface area contributed by atoms with E-state index in [9.17, 15) is 9.90 Å². The average molecular weight is 334 g/mol. The molecular formula is C21H35NO2. The Morgan fingerprint density at radius 1 is 1.08 bits per heavy atom. The molecule has 4 aliphatic rings. The summed E-state index contributed by atoms with van der Waals surface area (Å²) in [4.78, 5) is 12.2. The third kappa shape index (κ3) is 2.19. The number of aliphatic hydroxyl groups excluding tert-OH is 1. The molecule has 24 heavy (non-hydrogen) atoms. The molecule has 0 amide bonds. The maximum absolute atomic E-state index is 12.2. The van der Waals surface area contributed by atoms with Gasteiger partial charge in [0.1, 0.15) is 5.78 Å². The Hall–Kier alpha value is -0.410. The predicted octanol–water partition coefficient (Wildman–Crippen LogP) is 3.53. The predicted molar refractivity (Wildman–Crippen MR) is 95.3 cm³/mol. The average Bonchev–Trinajstić information content (AvgIpc) is 2.84. The van der Waals surface area contributed by atoms with Crippen LogP contribution in [0.4, 0.5) is 0 Å². The van der Waals surface area contributed by atoms with E-state index in [1.165, 1.54) is 19.3 Å². The summed E-state index contributed by atoms with van der Waals surface area (Å²) >= 11 is 0. The summed E-state index contributed by atoms with van der Waals surface area (Å²) < 4.78 is 0. The van der Waals surface area contributed by atoms with Crippen molar-refractivity contribution in [1.29, 1.82) is 0 Å². The van der Waals surface area contributed by atoms with Crippen LogP contribution in [-0.4, -0.2) is 23.0 Å². The topological polar surface area (TPSA) is 63.3 Å². The SMILES string of the molecule is CC(=O)[C@H]1CC[C@H]2[C@@H]3CC[C@@H]4C[C@H](O)CC[C@]4(C)[C@H]3[C@H](N)C[C@]12C. The molecule has 3 N–H and O–H groups in total. The van der Waals surface area contributed by atoms with Gasteiger partial charge in [0, 0.05) is 12.0 Å². The third-order valence-corrected chi connectivity index (χ3v) is 9.13. The molecule has 0 aromatic carbocycles. The molecule has 136 valence electrons. The van der Waals surface area contributed by atoms with Crippen LogP contribution in [-0.2, 0) is 4.79 Å². The van der Waals surface area contributed by atoms with E-state index in [-0.39, 0.29) is 23.5 Å². The second-order valence-corrected chi connectivity index (χ2v) is 10.1. The van der Waals surface area contributed by atoms with Crippen molar-refractivity contribution in [2.75, 3.05) is 0 Å². The number of hydrogen-bond acceptors (Lipinski definition) is 3. The molecule has 4 saturated carbocycles. The normalized spacial score (nSPS) is 57.0. The summed E-state index contributed by atoms with van der Waals surface area (Å²) in [6.45, 7) is 6.63. The molecule has 0 aromatic rings. The van der Waals surface area contributed by atoms with Gasteiger partial charge in [-0.1, -0.05) is 13.8 Å². The standard InChI is InChI=1S/C21H35NO2/c1-12(23)16-6-7-17-15-5-4-13-10-14(24)8-9-20(13,2)19(15)18(22)11-21(16,17)3/h13-19,24H,4-11,22H2,1-3H3/t13-,14-,15+,16-,17+,18-,19-,20+,21-/m1/s1. The molecule has 0 saturated heterocycles. The minimum atomic E-state index is -0.0988. The van der Waals surface area contributed by atoms with Crippen molar-refractivity contribution in [2.24, 2.45) is 46.2 Å². The van der Waals surface area contributed by atoms with Crippen LogP contribution in [0.1, 0.15) is 72.1 Å². The van der Waals surface area contributed by atoms with Crippen LogP contribution < -0.4 is 5.73 Å². The lowest BCUT2D eigenvalue weighted by atomic mass is 9.43. The Kier molecular flexibility index (Phi) is 3.93. The van der Waals surface area contributed by atoms with E-state index in [4.69, 9.17) is 5.73 Å². The number of aliphatic hydroxyl groups is 1. The number of carbonyl (C=O) groups excluding carboxylic acids is 1. The summed E-state index contributed by atoms with van der Waals surface area (Å²) in [5.41, 5.74) is 7.28. The zero-order valence-corrected chi connectivity index (χ0v) is 15.6. The van der Waals surface area contributed by atoms with Gasteiger partial charge in [0.2, 0.25) is 0 Å². The molecular weight excluding hydrogens is 298 g/mol. The highest BCUT2D eigenvalue weighted by atomic mass is 16.3. The number of nitrogens with two attached hydrogens (primary N) is 1. The molecule has 0 aromatic heterocycles. The van der Waals surface area contributed by atoms with Crippen LogP contribution >= 0.6 is 0 Å². The van der Waals surface area contributed by atoms with Crippen LogP contribution in [0.25, 0.3) is 0 Å². The molecule has 0 heterocycles. The van der Waals surface area contributed by atoms with Crippen LogP contribution in [0, 0.1) is 40.4 Å². The fourth-order valence-electron chi connectivity index (χ4n) is 8.17. The van der Waals surface area contributed by atoms with Crippen molar-refractivity contribution >= 4 is 5.78 Å². The maximum atomic E-state index is 12.2. The maximum Gasteiger partial charge on any atom is 0.133 e. The Morgan fingerprint density at radius 2 is 1.83 bits per heavy atom. The first kappa shape index (κ1) is 17.0. The molecule has 4 aliphatic carbocycles. The van der Waals surface area contributed by atoms with Crippen LogP contribution in [0.2, 0.25) is 0 Å².